The van der Waals surface area contributed by atoms with Crippen LogP contribution in [0.25, 0.3) is 10.9 Å². The van der Waals surface area contributed by atoms with Gasteiger partial charge in [0, 0.05) is 12.0 Å². The molecule has 0 unspecified atom stereocenters. The van der Waals surface area contributed by atoms with Crippen LogP contribution >= 0.6 is 0 Å². The number of carbonyl (C=O) groups is 1. The molecule has 0 aliphatic carbocycles. The van der Waals surface area contributed by atoms with Crippen molar-refractivity contribution in [3.8, 4) is 0 Å². The fraction of sp³-hybridized carbons (Fsp3) is 0.286. The predicted molar refractivity (Wildman–Crippen MR) is 68.3 cm³/mol. The van der Waals surface area contributed by atoms with E-state index >= 15 is 0 Å². The molecule has 0 aliphatic rings. The molecule has 1 aromatic carbocycles. The molecule has 2 rings (SSSR count). The maximum Gasteiger partial charge on any atom is 0.252 e. The van der Waals surface area contributed by atoms with Crippen molar-refractivity contribution in [2.75, 3.05) is 0 Å². The highest BCUT2D eigenvalue weighted by molar-refractivity contribution is 5.84. The number of hydrogen-bond acceptors (Lipinski definition) is 2. The predicted octanol–water partition coefficient (Wildman–Crippen LogP) is 2.22. The Bertz CT molecular complexity index is 626. The lowest BCUT2D eigenvalue weighted by Gasteiger charge is -2.05. The van der Waals surface area contributed by atoms with E-state index in [0.717, 1.165) is 22.9 Å². The molecule has 1 aromatic heterocycles. The summed E-state index contributed by atoms with van der Waals surface area (Å²) in [5.41, 5.74) is 2.38. The van der Waals surface area contributed by atoms with E-state index in [9.17, 15) is 9.59 Å². The van der Waals surface area contributed by atoms with Crippen LogP contribution in [0.5, 0.6) is 0 Å². The Morgan fingerprint density at radius 1 is 1.29 bits per heavy atom. The van der Waals surface area contributed by atoms with Crippen molar-refractivity contribution in [3.05, 3.63) is 45.7 Å². The van der Waals surface area contributed by atoms with Gasteiger partial charge in [0.1, 0.15) is 5.78 Å². The van der Waals surface area contributed by atoms with Crippen molar-refractivity contribution >= 4 is 16.7 Å². The summed E-state index contributed by atoms with van der Waals surface area (Å²) in [5.74, 6) is 0.00139. The van der Waals surface area contributed by atoms with E-state index in [1.807, 2.05) is 24.3 Å². The molecule has 0 bridgehead atoms. The Balaban J connectivity index is 2.66. The molecule has 0 radical (unpaired) electrons. The summed E-state index contributed by atoms with van der Waals surface area (Å²) in [7, 11) is 0. The third kappa shape index (κ3) is 2.28. The number of rotatable bonds is 3. The molecule has 0 fully saturated rings. The number of aryl methyl sites for hydroxylation is 1. The van der Waals surface area contributed by atoms with E-state index in [2.05, 4.69) is 11.9 Å². The van der Waals surface area contributed by atoms with E-state index in [4.69, 9.17) is 0 Å². The molecule has 0 saturated heterocycles. The lowest BCUT2D eigenvalue weighted by atomic mass is 10.0. The molecule has 17 heavy (non-hydrogen) atoms. The number of aromatic nitrogens is 1. The van der Waals surface area contributed by atoms with Crippen LogP contribution in [-0.2, 0) is 17.6 Å². The van der Waals surface area contributed by atoms with Crippen molar-refractivity contribution in [1.82, 2.24) is 4.98 Å². The minimum absolute atomic E-state index is 0.00139. The van der Waals surface area contributed by atoms with Gasteiger partial charge in [0.05, 0.1) is 5.52 Å². The van der Waals surface area contributed by atoms with Crippen LogP contribution in [0, 0.1) is 0 Å². The van der Waals surface area contributed by atoms with Crippen LogP contribution in [0.2, 0.25) is 0 Å². The van der Waals surface area contributed by atoms with Gasteiger partial charge < -0.3 is 4.98 Å². The number of carbonyl (C=O) groups excluding carboxylic acids is 1. The molecule has 1 heterocycles. The topological polar surface area (TPSA) is 49.9 Å². The van der Waals surface area contributed by atoms with Gasteiger partial charge in [-0.25, -0.2) is 0 Å². The summed E-state index contributed by atoms with van der Waals surface area (Å²) in [6.07, 6.45) is 1.07. The highest BCUT2D eigenvalue weighted by Crippen LogP contribution is 2.16. The van der Waals surface area contributed by atoms with E-state index in [1.54, 1.807) is 0 Å². The molecule has 0 atom stereocenters. The number of fused-ring (bicyclic) bond motifs is 1. The Morgan fingerprint density at radius 2 is 2.06 bits per heavy atom. The van der Waals surface area contributed by atoms with Crippen LogP contribution < -0.4 is 5.56 Å². The normalized spacial score (nSPS) is 10.7. The number of benzene rings is 1. The lowest BCUT2D eigenvalue weighted by Crippen LogP contribution is -2.15. The maximum absolute atomic E-state index is 11.8. The van der Waals surface area contributed by atoms with Crippen LogP contribution in [-0.4, -0.2) is 10.8 Å². The van der Waals surface area contributed by atoms with Gasteiger partial charge in [0.25, 0.3) is 5.56 Å². The molecular formula is C14H15NO2. The summed E-state index contributed by atoms with van der Waals surface area (Å²) in [5, 5.41) is 0.986. The van der Waals surface area contributed by atoms with Gasteiger partial charge in [-0.3, -0.25) is 9.59 Å². The molecule has 0 amide bonds. The molecule has 88 valence electrons. The highest BCUT2D eigenvalue weighted by Gasteiger charge is 2.07. The van der Waals surface area contributed by atoms with Crippen LogP contribution in [0.3, 0.4) is 0 Å². The zero-order chi connectivity index (χ0) is 12.4. The fourth-order valence-corrected chi connectivity index (χ4v) is 2.03. The Hall–Kier alpha value is -1.90. The van der Waals surface area contributed by atoms with Crippen molar-refractivity contribution in [2.45, 2.75) is 26.7 Å². The number of aromatic amines is 1. The summed E-state index contributed by atoms with van der Waals surface area (Å²) in [6, 6.07) is 7.74. The van der Waals surface area contributed by atoms with Gasteiger partial charge in [-0.05, 0) is 30.4 Å². The van der Waals surface area contributed by atoms with Gasteiger partial charge in [-0.15, -0.1) is 0 Å². The Kier molecular flexibility index (Phi) is 3.09. The molecule has 3 nitrogen and oxygen atoms in total. The van der Waals surface area contributed by atoms with Gasteiger partial charge in [0.2, 0.25) is 0 Å². The number of Topliss-reactive ketones (excluding diaryl/α,β-unsaturated/α-hetero) is 1. The molecule has 0 aliphatic heterocycles. The molecule has 0 saturated carbocycles. The summed E-state index contributed by atoms with van der Waals surface area (Å²) >= 11 is 0. The summed E-state index contributed by atoms with van der Waals surface area (Å²) < 4.78 is 0. The van der Waals surface area contributed by atoms with Crippen LogP contribution in [0.15, 0.2) is 29.1 Å². The first kappa shape index (κ1) is 11.6. The first-order chi connectivity index (χ1) is 8.11. The van der Waals surface area contributed by atoms with Crippen molar-refractivity contribution in [1.29, 1.82) is 0 Å². The van der Waals surface area contributed by atoms with E-state index in [-0.39, 0.29) is 17.8 Å². The molecule has 3 heteroatoms. The zero-order valence-electron chi connectivity index (χ0n) is 10.0. The number of pyridine rings is 1. The number of hydrogen-bond donors (Lipinski definition) is 1. The standard InChI is InChI=1S/C14H15NO2/c1-3-10-5-4-6-11-8-12(7-9(2)16)14(17)15-13(10)11/h4-6,8H,3,7H2,1-2H3,(H,15,17). The van der Waals surface area contributed by atoms with E-state index in [0.29, 0.717) is 5.56 Å². The Morgan fingerprint density at radius 3 is 2.71 bits per heavy atom. The Labute approximate surface area is 99.5 Å². The second-order valence-electron chi connectivity index (χ2n) is 4.24. The first-order valence-electron chi connectivity index (χ1n) is 5.75. The smallest absolute Gasteiger partial charge is 0.252 e. The van der Waals surface area contributed by atoms with E-state index in [1.165, 1.54) is 6.92 Å². The SMILES string of the molecule is CCc1cccc2cc(CC(C)=O)c(=O)[nH]c12. The fourth-order valence-electron chi connectivity index (χ4n) is 2.03. The zero-order valence-corrected chi connectivity index (χ0v) is 10.0. The van der Waals surface area contributed by atoms with Crippen molar-refractivity contribution in [3.63, 3.8) is 0 Å². The van der Waals surface area contributed by atoms with E-state index < -0.39 is 0 Å². The molecule has 2 aromatic rings. The number of para-hydroxylation sites is 1. The number of ketones is 1. The monoisotopic (exact) mass is 229 g/mol. The molecule has 0 spiro atoms. The van der Waals surface area contributed by atoms with Gasteiger partial charge in [-0.2, -0.15) is 0 Å². The number of nitrogens with one attached hydrogen (secondary N) is 1. The minimum Gasteiger partial charge on any atom is -0.321 e. The largest absolute Gasteiger partial charge is 0.321 e. The highest BCUT2D eigenvalue weighted by atomic mass is 16.1. The quantitative estimate of drug-likeness (QED) is 0.877. The average Bonchev–Trinajstić information content (AvgIpc) is 2.29. The second-order valence-corrected chi connectivity index (χ2v) is 4.24. The number of H-pyrrole nitrogens is 1. The van der Waals surface area contributed by atoms with Crippen LogP contribution in [0.4, 0.5) is 0 Å². The first-order valence-corrected chi connectivity index (χ1v) is 5.75. The second kappa shape index (κ2) is 4.53. The molecular weight excluding hydrogens is 214 g/mol. The average molecular weight is 229 g/mol. The van der Waals surface area contributed by atoms with Gasteiger partial charge >= 0.3 is 0 Å². The summed E-state index contributed by atoms with van der Waals surface area (Å²) in [4.78, 5) is 25.8. The van der Waals surface area contributed by atoms with Crippen LogP contribution in [0.1, 0.15) is 25.0 Å². The maximum atomic E-state index is 11.8. The molecule has 1 N–H and O–H groups in total. The van der Waals surface area contributed by atoms with Crippen molar-refractivity contribution < 1.29 is 4.79 Å². The third-order valence-corrected chi connectivity index (χ3v) is 2.86. The van der Waals surface area contributed by atoms with Crippen molar-refractivity contribution in [2.24, 2.45) is 0 Å². The van der Waals surface area contributed by atoms with Gasteiger partial charge in [0.15, 0.2) is 0 Å². The summed E-state index contributed by atoms with van der Waals surface area (Å²) in [6.45, 7) is 3.54. The minimum atomic E-state index is -0.159. The third-order valence-electron chi connectivity index (χ3n) is 2.86. The van der Waals surface area contributed by atoms with Gasteiger partial charge in [-0.1, -0.05) is 25.1 Å². The lowest BCUT2D eigenvalue weighted by molar-refractivity contribution is -0.116.